The van der Waals surface area contributed by atoms with E-state index in [0.717, 1.165) is 17.7 Å². The van der Waals surface area contributed by atoms with E-state index in [0.29, 0.717) is 6.04 Å². The van der Waals surface area contributed by atoms with Gasteiger partial charge in [0.2, 0.25) is 0 Å². The van der Waals surface area contributed by atoms with Gasteiger partial charge in [0, 0.05) is 23.0 Å². The van der Waals surface area contributed by atoms with E-state index in [1.165, 1.54) is 4.88 Å². The van der Waals surface area contributed by atoms with Crippen molar-refractivity contribution in [2.24, 2.45) is 5.73 Å². The molecule has 0 radical (unpaired) electrons. The van der Waals surface area contributed by atoms with Gasteiger partial charge in [-0.2, -0.15) is 0 Å². The standard InChI is InChI=1S/C15H19N3S/c1-11(14-8-5-9-19-14)18(2)10-12-6-3-4-7-13(12)15(16)17/h3-9,11H,10H2,1-2H3,(H3,16,17). The molecule has 0 saturated heterocycles. The van der Waals surface area contributed by atoms with Crippen LogP contribution in [0.1, 0.15) is 29.0 Å². The molecule has 1 aromatic carbocycles. The predicted octanol–water partition coefficient (Wildman–Crippen LogP) is 3.23. The summed E-state index contributed by atoms with van der Waals surface area (Å²) in [7, 11) is 2.10. The van der Waals surface area contributed by atoms with E-state index < -0.39 is 0 Å². The molecule has 3 N–H and O–H groups in total. The van der Waals surface area contributed by atoms with Crippen LogP contribution < -0.4 is 5.73 Å². The minimum atomic E-state index is 0.132. The first-order valence-corrected chi connectivity index (χ1v) is 7.13. The Labute approximate surface area is 118 Å². The van der Waals surface area contributed by atoms with Gasteiger partial charge in [0.1, 0.15) is 5.84 Å². The molecule has 0 saturated carbocycles. The molecule has 0 aliphatic heterocycles. The summed E-state index contributed by atoms with van der Waals surface area (Å²) in [5.74, 6) is 0.132. The topological polar surface area (TPSA) is 53.1 Å². The summed E-state index contributed by atoms with van der Waals surface area (Å²) in [6, 6.07) is 12.4. The average molecular weight is 273 g/mol. The molecule has 0 amide bonds. The number of rotatable bonds is 5. The Morgan fingerprint density at radius 2 is 2.05 bits per heavy atom. The number of hydrogen-bond donors (Lipinski definition) is 2. The minimum absolute atomic E-state index is 0.132. The molecule has 0 fully saturated rings. The number of nitrogens with zero attached hydrogens (tertiary/aromatic N) is 1. The van der Waals surface area contributed by atoms with Crippen LogP contribution in [0.4, 0.5) is 0 Å². The summed E-state index contributed by atoms with van der Waals surface area (Å²) in [4.78, 5) is 3.62. The number of hydrogen-bond acceptors (Lipinski definition) is 3. The van der Waals surface area contributed by atoms with E-state index in [1.807, 2.05) is 24.3 Å². The summed E-state index contributed by atoms with van der Waals surface area (Å²) >= 11 is 1.77. The van der Waals surface area contributed by atoms with Crippen LogP contribution in [0.15, 0.2) is 41.8 Å². The zero-order valence-electron chi connectivity index (χ0n) is 11.3. The smallest absolute Gasteiger partial charge is 0.123 e. The molecule has 2 aromatic rings. The lowest BCUT2D eigenvalue weighted by molar-refractivity contribution is 0.256. The van der Waals surface area contributed by atoms with Crippen LogP contribution in [-0.4, -0.2) is 17.8 Å². The maximum atomic E-state index is 7.63. The van der Waals surface area contributed by atoms with Crippen LogP contribution in [0.25, 0.3) is 0 Å². The SMILES string of the molecule is CC(c1cccs1)N(C)Cc1ccccc1C(=N)N. The summed E-state index contributed by atoms with van der Waals surface area (Å²) in [5.41, 5.74) is 7.55. The van der Waals surface area contributed by atoms with Crippen LogP contribution in [0.5, 0.6) is 0 Å². The highest BCUT2D eigenvalue weighted by Gasteiger charge is 2.14. The van der Waals surface area contributed by atoms with Crippen molar-refractivity contribution >= 4 is 17.2 Å². The number of nitrogen functional groups attached to an aromatic ring is 1. The summed E-state index contributed by atoms with van der Waals surface area (Å²) in [5, 5.41) is 9.73. The highest BCUT2D eigenvalue weighted by molar-refractivity contribution is 7.10. The normalized spacial score (nSPS) is 12.6. The highest BCUT2D eigenvalue weighted by Crippen LogP contribution is 2.25. The first kappa shape index (κ1) is 13.8. The van der Waals surface area contributed by atoms with Gasteiger partial charge in [-0.05, 0) is 31.0 Å². The van der Waals surface area contributed by atoms with Crippen LogP contribution in [0, 0.1) is 5.41 Å². The van der Waals surface area contributed by atoms with Crippen molar-refractivity contribution in [1.29, 1.82) is 5.41 Å². The molecule has 1 heterocycles. The van der Waals surface area contributed by atoms with E-state index in [2.05, 4.69) is 36.4 Å². The third kappa shape index (κ3) is 3.22. The molecule has 1 atom stereocenters. The number of amidine groups is 1. The zero-order valence-corrected chi connectivity index (χ0v) is 12.1. The van der Waals surface area contributed by atoms with Gasteiger partial charge in [-0.3, -0.25) is 10.3 Å². The Morgan fingerprint density at radius 1 is 1.32 bits per heavy atom. The Morgan fingerprint density at radius 3 is 2.68 bits per heavy atom. The Balaban J connectivity index is 2.15. The van der Waals surface area contributed by atoms with Crippen LogP contribution in [-0.2, 0) is 6.54 Å². The fraction of sp³-hybridized carbons (Fsp3) is 0.267. The average Bonchev–Trinajstić information content (AvgIpc) is 2.92. The van der Waals surface area contributed by atoms with E-state index in [9.17, 15) is 0 Å². The Bertz CT molecular complexity index is 548. The quantitative estimate of drug-likeness (QED) is 0.649. The van der Waals surface area contributed by atoms with Crippen molar-refractivity contribution in [2.75, 3.05) is 7.05 Å². The van der Waals surface area contributed by atoms with E-state index >= 15 is 0 Å². The number of thiophene rings is 1. The van der Waals surface area contributed by atoms with Crippen molar-refractivity contribution in [1.82, 2.24) is 4.90 Å². The fourth-order valence-corrected chi connectivity index (χ4v) is 2.92. The van der Waals surface area contributed by atoms with Gasteiger partial charge in [0.15, 0.2) is 0 Å². The molecule has 1 unspecified atom stereocenters. The maximum Gasteiger partial charge on any atom is 0.123 e. The molecular formula is C15H19N3S. The van der Waals surface area contributed by atoms with Crippen LogP contribution >= 0.6 is 11.3 Å². The van der Waals surface area contributed by atoms with Crippen molar-refractivity contribution in [3.63, 3.8) is 0 Å². The molecular weight excluding hydrogens is 254 g/mol. The van der Waals surface area contributed by atoms with Crippen molar-refractivity contribution in [3.05, 3.63) is 57.8 Å². The van der Waals surface area contributed by atoms with Crippen LogP contribution in [0.3, 0.4) is 0 Å². The number of nitrogens with one attached hydrogen (secondary N) is 1. The van der Waals surface area contributed by atoms with E-state index in [-0.39, 0.29) is 5.84 Å². The van der Waals surface area contributed by atoms with Gasteiger partial charge in [-0.15, -0.1) is 11.3 Å². The largest absolute Gasteiger partial charge is 0.384 e. The van der Waals surface area contributed by atoms with Crippen molar-refractivity contribution in [3.8, 4) is 0 Å². The lowest BCUT2D eigenvalue weighted by Crippen LogP contribution is -2.23. The zero-order chi connectivity index (χ0) is 13.8. The first-order chi connectivity index (χ1) is 9.09. The molecule has 4 heteroatoms. The molecule has 0 aliphatic rings. The summed E-state index contributed by atoms with van der Waals surface area (Å²) in [6.07, 6.45) is 0. The first-order valence-electron chi connectivity index (χ1n) is 6.25. The molecule has 100 valence electrons. The fourth-order valence-electron chi connectivity index (χ4n) is 2.07. The second kappa shape index (κ2) is 5.99. The minimum Gasteiger partial charge on any atom is -0.384 e. The summed E-state index contributed by atoms with van der Waals surface area (Å²) < 4.78 is 0. The lowest BCUT2D eigenvalue weighted by Gasteiger charge is -2.24. The predicted molar refractivity (Wildman–Crippen MR) is 81.7 cm³/mol. The molecule has 19 heavy (non-hydrogen) atoms. The lowest BCUT2D eigenvalue weighted by atomic mass is 10.1. The van der Waals surface area contributed by atoms with Gasteiger partial charge in [-0.1, -0.05) is 30.3 Å². The van der Waals surface area contributed by atoms with Crippen molar-refractivity contribution < 1.29 is 0 Å². The van der Waals surface area contributed by atoms with E-state index in [4.69, 9.17) is 11.1 Å². The monoisotopic (exact) mass is 273 g/mol. The Hall–Kier alpha value is -1.65. The van der Waals surface area contributed by atoms with Gasteiger partial charge >= 0.3 is 0 Å². The van der Waals surface area contributed by atoms with Gasteiger partial charge in [-0.25, -0.2) is 0 Å². The molecule has 3 nitrogen and oxygen atoms in total. The second-order valence-electron chi connectivity index (χ2n) is 4.68. The molecule has 2 rings (SSSR count). The maximum absolute atomic E-state index is 7.63. The Kier molecular flexibility index (Phi) is 4.35. The summed E-state index contributed by atoms with van der Waals surface area (Å²) in [6.45, 7) is 2.98. The van der Waals surface area contributed by atoms with Crippen molar-refractivity contribution in [2.45, 2.75) is 19.5 Å². The molecule has 1 aromatic heterocycles. The number of benzene rings is 1. The third-order valence-corrected chi connectivity index (χ3v) is 4.39. The van der Waals surface area contributed by atoms with Gasteiger partial charge < -0.3 is 5.73 Å². The third-order valence-electron chi connectivity index (χ3n) is 3.34. The van der Waals surface area contributed by atoms with E-state index in [1.54, 1.807) is 11.3 Å². The van der Waals surface area contributed by atoms with Crippen LogP contribution in [0.2, 0.25) is 0 Å². The molecule has 0 aliphatic carbocycles. The van der Waals surface area contributed by atoms with Gasteiger partial charge in [0.05, 0.1) is 0 Å². The molecule has 0 bridgehead atoms. The molecule has 0 spiro atoms. The number of nitrogens with two attached hydrogens (primary N) is 1. The highest BCUT2D eigenvalue weighted by atomic mass is 32.1. The second-order valence-corrected chi connectivity index (χ2v) is 5.66. The van der Waals surface area contributed by atoms with Gasteiger partial charge in [0.25, 0.3) is 0 Å².